The van der Waals surface area contributed by atoms with Crippen molar-refractivity contribution in [1.29, 1.82) is 0 Å². The average molecular weight is 174 g/mol. The van der Waals surface area contributed by atoms with Gasteiger partial charge in [-0.05, 0) is 0 Å². The van der Waals surface area contributed by atoms with Gasteiger partial charge in [-0.15, -0.1) is 0 Å². The van der Waals surface area contributed by atoms with Crippen LogP contribution < -0.4 is 0 Å². The lowest BCUT2D eigenvalue weighted by atomic mass is 10.4. The maximum atomic E-state index is 10.8. The Kier molecular flexibility index (Phi) is 1.96. The lowest BCUT2D eigenvalue weighted by molar-refractivity contribution is -0.209. The molecule has 0 aromatic rings. The second-order valence-corrected chi connectivity index (χ2v) is 2.17. The quantitative estimate of drug-likeness (QED) is 0.315. The summed E-state index contributed by atoms with van der Waals surface area (Å²) in [6, 6.07) is 0. The van der Waals surface area contributed by atoms with Crippen LogP contribution in [-0.4, -0.2) is 38.4 Å². The molecule has 66 valence electrons. The highest BCUT2D eigenvalue weighted by Gasteiger charge is 2.36. The maximum Gasteiger partial charge on any atom is 0.452 e. The van der Waals surface area contributed by atoms with Gasteiger partial charge in [-0.25, -0.2) is 4.79 Å². The van der Waals surface area contributed by atoms with Gasteiger partial charge in [0, 0.05) is 12.8 Å². The second-order valence-electron chi connectivity index (χ2n) is 2.17. The maximum absolute atomic E-state index is 10.8. The van der Waals surface area contributed by atoms with Gasteiger partial charge in [0.15, 0.2) is 0 Å². The van der Waals surface area contributed by atoms with E-state index in [0.717, 1.165) is 0 Å². The molecule has 1 saturated heterocycles. The molecule has 0 aliphatic carbocycles. The Balaban J connectivity index is 2.79. The Morgan fingerprint density at radius 1 is 1.33 bits per heavy atom. The molecule has 1 aliphatic heterocycles. The monoisotopic (exact) mass is 174 g/mol. The van der Waals surface area contributed by atoms with Gasteiger partial charge >= 0.3 is 6.09 Å². The van der Waals surface area contributed by atoms with Gasteiger partial charge in [-0.1, -0.05) is 5.17 Å². The molecule has 0 aromatic carbocycles. The third kappa shape index (κ3) is 1.21. The summed E-state index contributed by atoms with van der Waals surface area (Å²) in [6.45, 7) is 0. The molecule has 0 radical (unpaired) electrons. The summed E-state index contributed by atoms with van der Waals surface area (Å²) in [4.78, 5) is 31.6. The van der Waals surface area contributed by atoms with Crippen molar-refractivity contribution < 1.29 is 24.7 Å². The van der Waals surface area contributed by atoms with Gasteiger partial charge in [0.1, 0.15) is 0 Å². The van der Waals surface area contributed by atoms with Crippen molar-refractivity contribution in [2.45, 2.75) is 12.8 Å². The van der Waals surface area contributed by atoms with E-state index in [9.17, 15) is 14.4 Å². The van der Waals surface area contributed by atoms with E-state index in [0.29, 0.717) is 0 Å². The van der Waals surface area contributed by atoms with Gasteiger partial charge < -0.3 is 5.11 Å². The van der Waals surface area contributed by atoms with Crippen molar-refractivity contribution >= 4 is 17.9 Å². The summed E-state index contributed by atoms with van der Waals surface area (Å²) < 4.78 is 0. The van der Waals surface area contributed by atoms with Crippen LogP contribution >= 0.6 is 0 Å². The van der Waals surface area contributed by atoms with Crippen LogP contribution in [0.25, 0.3) is 0 Å². The zero-order chi connectivity index (χ0) is 9.30. The molecule has 0 aromatic heterocycles. The Morgan fingerprint density at radius 2 is 1.75 bits per heavy atom. The fraction of sp³-hybridized carbons (Fsp3) is 0.400. The van der Waals surface area contributed by atoms with Gasteiger partial charge in [0.2, 0.25) is 0 Å². The lowest BCUT2D eigenvalue weighted by Gasteiger charge is -2.19. The number of rotatable bonds is 1. The first-order valence-electron chi connectivity index (χ1n) is 3.11. The minimum atomic E-state index is -1.77. The van der Waals surface area contributed by atoms with E-state index < -0.39 is 23.1 Å². The summed E-state index contributed by atoms with van der Waals surface area (Å²) in [6.07, 6.45) is -1.90. The number of carbonyl (C=O) groups is 3. The first-order valence-corrected chi connectivity index (χ1v) is 3.11. The number of hydroxylamine groups is 1. The number of amides is 3. The van der Waals surface area contributed by atoms with Gasteiger partial charge in [-0.3, -0.25) is 14.8 Å². The molecule has 1 aliphatic rings. The Morgan fingerprint density at radius 3 is 2.08 bits per heavy atom. The SMILES string of the molecule is O=C(O)N(O)N1C(=O)CCC1=O. The van der Waals surface area contributed by atoms with Crippen LogP contribution in [0.3, 0.4) is 0 Å². The first kappa shape index (κ1) is 8.47. The Bertz CT molecular complexity index is 234. The first-order chi connectivity index (χ1) is 5.54. The summed E-state index contributed by atoms with van der Waals surface area (Å²) in [5.74, 6) is -1.44. The van der Waals surface area contributed by atoms with E-state index in [2.05, 4.69) is 0 Å². The van der Waals surface area contributed by atoms with Gasteiger partial charge in [0.05, 0.1) is 0 Å². The van der Waals surface area contributed by atoms with Crippen LogP contribution in [0.4, 0.5) is 4.79 Å². The van der Waals surface area contributed by atoms with Crippen molar-refractivity contribution in [3.8, 4) is 0 Å². The fourth-order valence-electron chi connectivity index (χ4n) is 0.862. The highest BCUT2D eigenvalue weighted by atomic mass is 16.6. The van der Waals surface area contributed by atoms with E-state index in [1.165, 1.54) is 0 Å². The Labute approximate surface area is 66.7 Å². The molecule has 0 saturated carbocycles. The zero-order valence-corrected chi connectivity index (χ0v) is 5.93. The van der Waals surface area contributed by atoms with Crippen LogP contribution in [0.15, 0.2) is 0 Å². The minimum absolute atomic E-state index is 0.0663. The molecular formula is C5H6N2O5. The summed E-state index contributed by atoms with van der Waals surface area (Å²) in [7, 11) is 0. The van der Waals surface area contributed by atoms with Crippen LogP contribution in [-0.2, 0) is 9.59 Å². The topological polar surface area (TPSA) is 98.1 Å². The van der Waals surface area contributed by atoms with Crippen LogP contribution in [0.2, 0.25) is 0 Å². The van der Waals surface area contributed by atoms with E-state index in [-0.39, 0.29) is 17.9 Å². The number of nitrogens with zero attached hydrogens (tertiary/aromatic N) is 2. The molecule has 0 bridgehead atoms. The second kappa shape index (κ2) is 2.78. The number of carbonyl (C=O) groups excluding carboxylic acids is 2. The molecule has 7 heteroatoms. The van der Waals surface area contributed by atoms with Gasteiger partial charge in [0.25, 0.3) is 11.8 Å². The van der Waals surface area contributed by atoms with E-state index in [4.69, 9.17) is 10.3 Å². The molecule has 1 heterocycles. The normalized spacial score (nSPS) is 16.9. The fourth-order valence-corrected chi connectivity index (χ4v) is 0.862. The van der Waals surface area contributed by atoms with Crippen LogP contribution in [0.1, 0.15) is 12.8 Å². The van der Waals surface area contributed by atoms with Crippen LogP contribution in [0.5, 0.6) is 0 Å². The third-order valence-corrected chi connectivity index (χ3v) is 1.39. The molecule has 0 atom stereocenters. The summed E-state index contributed by atoms with van der Waals surface area (Å²) in [5, 5.41) is 16.7. The van der Waals surface area contributed by atoms with Crippen molar-refractivity contribution in [2.24, 2.45) is 0 Å². The molecule has 1 fully saturated rings. The molecule has 2 N–H and O–H groups in total. The van der Waals surface area contributed by atoms with Crippen LogP contribution in [0, 0.1) is 0 Å². The van der Waals surface area contributed by atoms with Crippen molar-refractivity contribution in [3.63, 3.8) is 0 Å². The van der Waals surface area contributed by atoms with E-state index in [1.54, 1.807) is 0 Å². The smallest absolute Gasteiger partial charge is 0.452 e. The number of hydrogen-bond donors (Lipinski definition) is 2. The summed E-state index contributed by atoms with van der Waals surface area (Å²) in [5.41, 5.74) is 0. The van der Waals surface area contributed by atoms with Gasteiger partial charge in [-0.2, -0.15) is 5.01 Å². The summed E-state index contributed by atoms with van der Waals surface area (Å²) >= 11 is 0. The highest BCUT2D eigenvalue weighted by Crippen LogP contribution is 2.13. The van der Waals surface area contributed by atoms with Crippen molar-refractivity contribution in [2.75, 3.05) is 0 Å². The molecule has 12 heavy (non-hydrogen) atoms. The van der Waals surface area contributed by atoms with E-state index in [1.807, 2.05) is 0 Å². The third-order valence-electron chi connectivity index (χ3n) is 1.39. The van der Waals surface area contributed by atoms with Crippen molar-refractivity contribution in [3.05, 3.63) is 0 Å². The largest absolute Gasteiger partial charge is 0.462 e. The number of imide groups is 1. The highest BCUT2D eigenvalue weighted by molar-refractivity contribution is 6.02. The molecular weight excluding hydrogens is 168 g/mol. The average Bonchev–Trinajstić information content (AvgIpc) is 2.30. The standard InChI is InChI=1S/C5H6N2O5/c8-3-1-2-4(9)6(3)7(12)5(10)11/h12H,1-2H2,(H,10,11). The molecule has 0 spiro atoms. The number of hydrogen-bond acceptors (Lipinski definition) is 4. The molecule has 3 amide bonds. The molecule has 1 rings (SSSR count). The molecule has 0 unspecified atom stereocenters. The molecule has 7 nitrogen and oxygen atoms in total. The zero-order valence-electron chi connectivity index (χ0n) is 5.93. The minimum Gasteiger partial charge on any atom is -0.462 e. The van der Waals surface area contributed by atoms with E-state index >= 15 is 0 Å². The van der Waals surface area contributed by atoms with Crippen molar-refractivity contribution in [1.82, 2.24) is 10.2 Å². The number of carboxylic acid groups (broad SMARTS) is 1. The lowest BCUT2D eigenvalue weighted by Crippen LogP contribution is -2.46. The number of hydrazine groups is 1. The predicted molar refractivity (Wildman–Crippen MR) is 32.7 cm³/mol. The predicted octanol–water partition coefficient (Wildman–Crippen LogP) is -0.580. The Hall–Kier alpha value is -1.63.